The number of nitrogens with one attached hydrogen (secondary N) is 3. The van der Waals surface area contributed by atoms with Crippen molar-refractivity contribution in [2.75, 3.05) is 32.1 Å². The first kappa shape index (κ1) is 20.4. The lowest BCUT2D eigenvalue weighted by atomic mass is 9.78. The van der Waals surface area contributed by atoms with E-state index in [4.69, 9.17) is 4.74 Å². The molecule has 3 N–H and O–H groups in total. The number of anilines is 1. The van der Waals surface area contributed by atoms with Crippen molar-refractivity contribution in [3.8, 4) is 0 Å². The summed E-state index contributed by atoms with van der Waals surface area (Å²) >= 11 is 0. The van der Waals surface area contributed by atoms with Crippen molar-refractivity contribution in [2.24, 2.45) is 11.3 Å². The average molecular weight is 361 g/mol. The second kappa shape index (κ2) is 9.69. The smallest absolute Gasteiger partial charge is 0.228 e. The maximum atomic E-state index is 12.8. The molecule has 26 heavy (non-hydrogen) atoms. The monoisotopic (exact) mass is 361 g/mol. The van der Waals surface area contributed by atoms with Crippen molar-refractivity contribution in [3.63, 3.8) is 0 Å². The summed E-state index contributed by atoms with van der Waals surface area (Å²) in [7, 11) is 1.64. The van der Waals surface area contributed by atoms with Crippen LogP contribution < -0.4 is 16.0 Å². The molecule has 1 aliphatic rings. The molecule has 0 spiro atoms. The molecule has 0 unspecified atom stereocenters. The molecule has 1 aliphatic heterocycles. The third kappa shape index (κ3) is 5.81. The van der Waals surface area contributed by atoms with Gasteiger partial charge in [-0.3, -0.25) is 9.59 Å². The number of benzene rings is 1. The van der Waals surface area contributed by atoms with E-state index in [1.165, 1.54) is 0 Å². The molecule has 1 fully saturated rings. The molecule has 0 aromatic heterocycles. The Kier molecular flexibility index (Phi) is 7.60. The van der Waals surface area contributed by atoms with Crippen LogP contribution in [0.1, 0.15) is 38.7 Å². The lowest BCUT2D eigenvalue weighted by molar-refractivity contribution is -0.136. The highest BCUT2D eigenvalue weighted by Gasteiger charge is 2.39. The third-order valence-corrected chi connectivity index (χ3v) is 4.72. The molecule has 6 heteroatoms. The fraction of sp³-hybridized carbons (Fsp3) is 0.600. The van der Waals surface area contributed by atoms with Crippen LogP contribution in [0.3, 0.4) is 0 Å². The first-order valence-electron chi connectivity index (χ1n) is 9.32. The number of carbonyl (C=O) groups excluding carboxylic acids is 2. The number of hydrogen-bond donors (Lipinski definition) is 3. The lowest BCUT2D eigenvalue weighted by Crippen LogP contribution is -2.49. The fourth-order valence-electron chi connectivity index (χ4n) is 3.33. The van der Waals surface area contributed by atoms with Crippen LogP contribution in [0.25, 0.3) is 0 Å². The van der Waals surface area contributed by atoms with Gasteiger partial charge >= 0.3 is 0 Å². The first-order valence-corrected chi connectivity index (χ1v) is 9.32. The highest BCUT2D eigenvalue weighted by atomic mass is 16.5. The van der Waals surface area contributed by atoms with Gasteiger partial charge in [0.1, 0.15) is 0 Å². The van der Waals surface area contributed by atoms with Gasteiger partial charge in [-0.1, -0.05) is 26.0 Å². The van der Waals surface area contributed by atoms with Crippen molar-refractivity contribution in [3.05, 3.63) is 29.8 Å². The van der Waals surface area contributed by atoms with Gasteiger partial charge in [0.2, 0.25) is 11.8 Å². The predicted octanol–water partition coefficient (Wildman–Crippen LogP) is 2.30. The highest BCUT2D eigenvalue weighted by Crippen LogP contribution is 2.29. The Bertz CT molecular complexity index is 605. The van der Waals surface area contributed by atoms with Gasteiger partial charge < -0.3 is 20.7 Å². The number of hydrogen-bond acceptors (Lipinski definition) is 4. The first-order chi connectivity index (χ1) is 12.4. The van der Waals surface area contributed by atoms with E-state index in [1.807, 2.05) is 38.1 Å². The molecule has 0 radical (unpaired) electrons. The van der Waals surface area contributed by atoms with E-state index in [-0.39, 0.29) is 11.8 Å². The number of ether oxygens (including phenoxy) is 1. The molecule has 0 atom stereocenters. The van der Waals surface area contributed by atoms with Gasteiger partial charge in [0.15, 0.2) is 0 Å². The molecule has 6 nitrogen and oxygen atoms in total. The SMILES string of the molecule is COCC1(C(=O)NCc2cccc(NC(=O)CC(C)C)c2)CCNCC1. The minimum atomic E-state index is -0.455. The van der Waals surface area contributed by atoms with Crippen molar-refractivity contribution in [1.29, 1.82) is 0 Å². The van der Waals surface area contributed by atoms with Gasteiger partial charge in [-0.05, 0) is 49.5 Å². The Balaban J connectivity index is 1.95. The van der Waals surface area contributed by atoms with Crippen molar-refractivity contribution < 1.29 is 14.3 Å². The van der Waals surface area contributed by atoms with E-state index in [0.29, 0.717) is 25.5 Å². The Morgan fingerprint density at radius 1 is 1.27 bits per heavy atom. The molecule has 0 saturated carbocycles. The summed E-state index contributed by atoms with van der Waals surface area (Å²) in [6, 6.07) is 7.61. The van der Waals surface area contributed by atoms with Crippen LogP contribution in [0.2, 0.25) is 0 Å². The quantitative estimate of drug-likeness (QED) is 0.664. The number of rotatable bonds is 8. The second-order valence-electron chi connectivity index (χ2n) is 7.49. The average Bonchev–Trinajstić information content (AvgIpc) is 2.60. The van der Waals surface area contributed by atoms with Crippen LogP contribution >= 0.6 is 0 Å². The van der Waals surface area contributed by atoms with E-state index in [1.54, 1.807) is 7.11 Å². The topological polar surface area (TPSA) is 79.5 Å². The van der Waals surface area contributed by atoms with Crippen LogP contribution in [0, 0.1) is 11.3 Å². The number of carbonyl (C=O) groups is 2. The summed E-state index contributed by atoms with van der Waals surface area (Å²) in [6.45, 7) is 6.56. The minimum Gasteiger partial charge on any atom is -0.384 e. The number of piperidine rings is 1. The summed E-state index contributed by atoms with van der Waals surface area (Å²) in [4.78, 5) is 24.7. The molecule has 0 bridgehead atoms. The molecule has 1 saturated heterocycles. The summed E-state index contributed by atoms with van der Waals surface area (Å²) in [6.07, 6.45) is 2.05. The number of amides is 2. The van der Waals surface area contributed by atoms with Crippen LogP contribution in [0.5, 0.6) is 0 Å². The van der Waals surface area contributed by atoms with Crippen LogP contribution in [-0.4, -0.2) is 38.6 Å². The Hall–Kier alpha value is -1.92. The minimum absolute atomic E-state index is 0.00920. The van der Waals surface area contributed by atoms with Crippen LogP contribution in [0.15, 0.2) is 24.3 Å². The number of methoxy groups -OCH3 is 1. The zero-order chi connectivity index (χ0) is 19.0. The largest absolute Gasteiger partial charge is 0.384 e. The maximum absolute atomic E-state index is 12.8. The van der Waals surface area contributed by atoms with E-state index in [2.05, 4.69) is 16.0 Å². The Morgan fingerprint density at radius 2 is 2.00 bits per heavy atom. The lowest BCUT2D eigenvalue weighted by Gasteiger charge is -2.35. The molecule has 0 aliphatic carbocycles. The summed E-state index contributed by atoms with van der Waals surface area (Å²) < 4.78 is 5.32. The van der Waals surface area contributed by atoms with E-state index in [9.17, 15) is 9.59 Å². The van der Waals surface area contributed by atoms with E-state index < -0.39 is 5.41 Å². The second-order valence-corrected chi connectivity index (χ2v) is 7.49. The molecule has 2 rings (SSSR count). The van der Waals surface area contributed by atoms with Gasteiger partial charge in [-0.15, -0.1) is 0 Å². The highest BCUT2D eigenvalue weighted by molar-refractivity contribution is 5.90. The molecule has 1 aromatic rings. The van der Waals surface area contributed by atoms with Crippen molar-refractivity contribution in [2.45, 2.75) is 39.7 Å². The summed E-state index contributed by atoms with van der Waals surface area (Å²) in [5, 5.41) is 9.25. The van der Waals surface area contributed by atoms with Crippen LogP contribution in [-0.2, 0) is 20.9 Å². The van der Waals surface area contributed by atoms with Crippen molar-refractivity contribution >= 4 is 17.5 Å². The zero-order valence-corrected chi connectivity index (χ0v) is 16.1. The molecule has 1 heterocycles. The predicted molar refractivity (Wildman–Crippen MR) is 103 cm³/mol. The van der Waals surface area contributed by atoms with Gasteiger partial charge in [-0.2, -0.15) is 0 Å². The van der Waals surface area contributed by atoms with Gasteiger partial charge in [0.05, 0.1) is 12.0 Å². The Labute approximate surface area is 156 Å². The van der Waals surface area contributed by atoms with E-state index >= 15 is 0 Å². The van der Waals surface area contributed by atoms with Gasteiger partial charge in [0.25, 0.3) is 0 Å². The standard InChI is InChI=1S/C20H31N3O3/c1-15(2)11-18(24)23-17-6-4-5-16(12-17)13-22-19(25)20(14-26-3)7-9-21-10-8-20/h4-6,12,15,21H,7-11,13-14H2,1-3H3,(H,22,25)(H,23,24). The zero-order valence-electron chi connectivity index (χ0n) is 16.1. The molecular formula is C20H31N3O3. The van der Waals surface area contributed by atoms with Crippen LogP contribution in [0.4, 0.5) is 5.69 Å². The summed E-state index contributed by atoms with van der Waals surface area (Å²) in [5.74, 6) is 0.365. The third-order valence-electron chi connectivity index (χ3n) is 4.72. The maximum Gasteiger partial charge on any atom is 0.228 e. The van der Waals surface area contributed by atoms with Crippen molar-refractivity contribution in [1.82, 2.24) is 10.6 Å². The molecule has 1 aromatic carbocycles. The molecule has 144 valence electrons. The summed E-state index contributed by atoms with van der Waals surface area (Å²) in [5.41, 5.74) is 1.27. The van der Waals surface area contributed by atoms with Gasteiger partial charge in [-0.25, -0.2) is 0 Å². The fourth-order valence-corrected chi connectivity index (χ4v) is 3.33. The molecular weight excluding hydrogens is 330 g/mol. The van der Waals surface area contributed by atoms with E-state index in [0.717, 1.165) is 37.2 Å². The normalized spacial score (nSPS) is 16.3. The Morgan fingerprint density at radius 3 is 2.65 bits per heavy atom. The van der Waals surface area contributed by atoms with Gasteiger partial charge in [0, 0.05) is 25.8 Å². The molecule has 2 amide bonds.